The molecule has 1 amide bonds. The van der Waals surface area contributed by atoms with E-state index in [1.54, 1.807) is 24.0 Å². The molecule has 0 radical (unpaired) electrons. The maximum absolute atomic E-state index is 13.1. The fraction of sp³-hybridized carbons (Fsp3) is 0.474. The topological polar surface area (TPSA) is 59.0 Å². The minimum absolute atomic E-state index is 0.0793. The van der Waals surface area contributed by atoms with Crippen LogP contribution in [0.25, 0.3) is 0 Å². The van der Waals surface area contributed by atoms with Crippen LogP contribution in [0.1, 0.15) is 26.3 Å². The summed E-state index contributed by atoms with van der Waals surface area (Å²) < 4.78 is 11.8. The number of aliphatic hydroxyl groups is 1. The van der Waals surface area contributed by atoms with Crippen molar-refractivity contribution in [1.29, 1.82) is 0 Å². The summed E-state index contributed by atoms with van der Waals surface area (Å²) >= 11 is 2.80. The summed E-state index contributed by atoms with van der Waals surface area (Å²) in [5, 5.41) is 10.4. The first kappa shape index (κ1) is 19.9. The first-order valence-electron chi connectivity index (χ1n) is 8.42. The van der Waals surface area contributed by atoms with Crippen molar-refractivity contribution in [3.63, 3.8) is 0 Å². The van der Waals surface area contributed by atoms with E-state index in [1.807, 2.05) is 44.2 Å². The molecule has 0 saturated carbocycles. The second-order valence-electron chi connectivity index (χ2n) is 6.33. The predicted octanol–water partition coefficient (Wildman–Crippen LogP) is 1.65. The summed E-state index contributed by atoms with van der Waals surface area (Å²) in [4.78, 5) is 14.7. The Morgan fingerprint density at radius 3 is 2.72 bits per heavy atom. The van der Waals surface area contributed by atoms with Crippen LogP contribution in [0, 0.1) is 5.92 Å². The summed E-state index contributed by atoms with van der Waals surface area (Å²) in [6, 6.07) is 9.50. The van der Waals surface area contributed by atoms with Crippen molar-refractivity contribution in [3.05, 3.63) is 48.0 Å². The molecule has 1 fully saturated rings. The minimum atomic E-state index is -1.03. The van der Waals surface area contributed by atoms with Gasteiger partial charge in [0.25, 0.3) is 0 Å². The Hall–Kier alpha value is -1.46. The molecular formula is C19H25NO4Se. The number of benzene rings is 1. The molecular weight excluding hydrogens is 385 g/mol. The van der Waals surface area contributed by atoms with E-state index in [2.05, 4.69) is 15.6 Å². The molecule has 1 aromatic rings. The Morgan fingerprint density at radius 1 is 1.44 bits per heavy atom. The molecule has 3 atom stereocenters. The average molecular weight is 410 g/mol. The second kappa shape index (κ2) is 9.30. The molecule has 0 spiro atoms. The number of carbonyl (C=O) groups is 1. The van der Waals surface area contributed by atoms with Gasteiger partial charge in [-0.1, -0.05) is 0 Å². The van der Waals surface area contributed by atoms with Gasteiger partial charge in [-0.05, 0) is 0 Å². The number of hydrogen-bond acceptors (Lipinski definition) is 4. The van der Waals surface area contributed by atoms with Crippen LogP contribution < -0.4 is 0 Å². The van der Waals surface area contributed by atoms with Gasteiger partial charge in [0.1, 0.15) is 0 Å². The van der Waals surface area contributed by atoms with Crippen molar-refractivity contribution in [3.8, 4) is 0 Å². The van der Waals surface area contributed by atoms with Gasteiger partial charge in [-0.3, -0.25) is 0 Å². The van der Waals surface area contributed by atoms with Crippen LogP contribution in [-0.2, 0) is 20.9 Å². The van der Waals surface area contributed by atoms with Crippen LogP contribution >= 0.6 is 0 Å². The Balaban J connectivity index is 2.18. The van der Waals surface area contributed by atoms with E-state index >= 15 is 0 Å². The molecule has 6 heteroatoms. The first-order chi connectivity index (χ1) is 12.0. The third-order valence-electron chi connectivity index (χ3n) is 4.13. The van der Waals surface area contributed by atoms with E-state index in [1.165, 1.54) is 0 Å². The van der Waals surface area contributed by atoms with Crippen molar-refractivity contribution >= 4 is 26.2 Å². The normalized spacial score (nSPS) is 20.1. The third-order valence-corrected chi connectivity index (χ3v) is 4.79. The summed E-state index contributed by atoms with van der Waals surface area (Å²) in [6.07, 6.45) is 1.25. The molecule has 1 aliphatic heterocycles. The summed E-state index contributed by atoms with van der Waals surface area (Å²) in [5.74, 6) is -0.0742. The summed E-state index contributed by atoms with van der Waals surface area (Å²) in [5.41, 5.74) is 0.943. The van der Waals surface area contributed by atoms with E-state index in [0.717, 1.165) is 5.56 Å². The van der Waals surface area contributed by atoms with Gasteiger partial charge < -0.3 is 0 Å². The van der Waals surface area contributed by atoms with Crippen LogP contribution in [-0.4, -0.2) is 61.1 Å². The van der Waals surface area contributed by atoms with Crippen LogP contribution in [0.4, 0.5) is 0 Å². The predicted molar refractivity (Wildman–Crippen MR) is 98.0 cm³/mol. The molecule has 0 aliphatic carbocycles. The number of carbonyl (C=O) groups excluding carboxylic acids is 1. The molecule has 2 rings (SSSR count). The number of allylic oxidation sites excluding steroid dienone is 1. The molecule has 5 nitrogen and oxygen atoms in total. The van der Waals surface area contributed by atoms with E-state index in [0.29, 0.717) is 11.3 Å². The molecule has 0 bridgehead atoms. The number of aliphatic hydroxyl groups excluding tert-OH is 1. The zero-order valence-corrected chi connectivity index (χ0v) is 16.5. The third kappa shape index (κ3) is 5.02. The van der Waals surface area contributed by atoms with Gasteiger partial charge in [0, 0.05) is 0 Å². The first-order valence-corrected chi connectivity index (χ1v) is 9.27. The number of rotatable bonds is 7. The zero-order valence-electron chi connectivity index (χ0n) is 14.8. The Kier molecular flexibility index (Phi) is 7.38. The maximum atomic E-state index is 13.1. The molecule has 1 aromatic carbocycles. The van der Waals surface area contributed by atoms with Gasteiger partial charge in [0.05, 0.1) is 0 Å². The Labute approximate surface area is 157 Å². The molecule has 0 unspecified atom stereocenters. The molecule has 136 valence electrons. The summed E-state index contributed by atoms with van der Waals surface area (Å²) in [6.45, 7) is 6.56. The second-order valence-corrected chi connectivity index (χ2v) is 7.06. The van der Waals surface area contributed by atoms with Crippen LogP contribution in [0.5, 0.6) is 0 Å². The van der Waals surface area contributed by atoms with Crippen LogP contribution in [0.3, 0.4) is 0 Å². The fourth-order valence-electron chi connectivity index (χ4n) is 2.69. The van der Waals surface area contributed by atoms with Crippen LogP contribution in [0.2, 0.25) is 0 Å². The zero-order chi connectivity index (χ0) is 18.4. The van der Waals surface area contributed by atoms with Crippen molar-refractivity contribution in [2.75, 3.05) is 6.61 Å². The monoisotopic (exact) mass is 411 g/mol. The fourth-order valence-corrected chi connectivity index (χ4v) is 3.31. The Bertz CT molecular complexity index is 617. The van der Waals surface area contributed by atoms with Gasteiger partial charge in [0.15, 0.2) is 0 Å². The van der Waals surface area contributed by atoms with E-state index in [9.17, 15) is 9.90 Å². The van der Waals surface area contributed by atoms with E-state index in [4.69, 9.17) is 9.47 Å². The average Bonchev–Trinajstić information content (AvgIpc) is 2.98. The van der Waals surface area contributed by atoms with Gasteiger partial charge in [-0.25, -0.2) is 0 Å². The number of ether oxygens (including phenoxy) is 2. The van der Waals surface area contributed by atoms with Crippen molar-refractivity contribution in [2.24, 2.45) is 5.92 Å². The standard InChI is InChI=1S/C19H25NO4Se/c1-4-8-16(21)17(23-11-14-9-6-5-7-10-14)18(22)20-15(13(2)3)12-24-19(20)25/h4-10,13,15-17,21H,11-12H2,1-3H3/b8-4+/t15-,16-,17-/m1/s1. The number of amides is 1. The van der Waals surface area contributed by atoms with Crippen molar-refractivity contribution in [2.45, 2.75) is 45.6 Å². The molecule has 1 saturated heterocycles. The SMILES string of the molecule is C/C=C/[C@@H](O)[C@@H](OCc1ccccc1)C(=O)N1C(=[Se])OC[C@@H]1C(C)C. The number of hydrogen-bond donors (Lipinski definition) is 1. The van der Waals surface area contributed by atoms with E-state index in [-0.39, 0.29) is 24.5 Å². The van der Waals surface area contributed by atoms with Crippen LogP contribution in [0.15, 0.2) is 42.5 Å². The van der Waals surface area contributed by atoms with Crippen molar-refractivity contribution in [1.82, 2.24) is 4.90 Å². The van der Waals surface area contributed by atoms with Gasteiger partial charge in [0.2, 0.25) is 0 Å². The van der Waals surface area contributed by atoms with Gasteiger partial charge >= 0.3 is 157 Å². The number of nitrogens with zero attached hydrogens (tertiary/aromatic N) is 1. The van der Waals surface area contributed by atoms with Gasteiger partial charge in [-0.2, -0.15) is 0 Å². The molecule has 1 aliphatic rings. The molecule has 0 aromatic heterocycles. The van der Waals surface area contributed by atoms with E-state index < -0.39 is 12.2 Å². The van der Waals surface area contributed by atoms with Gasteiger partial charge in [-0.15, -0.1) is 0 Å². The molecule has 1 heterocycles. The molecule has 1 N–H and O–H groups in total. The molecule has 25 heavy (non-hydrogen) atoms. The summed E-state index contributed by atoms with van der Waals surface area (Å²) in [7, 11) is 0. The Morgan fingerprint density at radius 2 is 2.12 bits per heavy atom. The quantitative estimate of drug-likeness (QED) is 0.549. The van der Waals surface area contributed by atoms with Crippen molar-refractivity contribution < 1.29 is 19.4 Å².